The third-order valence-electron chi connectivity index (χ3n) is 4.70. The zero-order valence-electron chi connectivity index (χ0n) is 17.1. The topological polar surface area (TPSA) is 102 Å². The molecule has 8 nitrogen and oxygen atoms in total. The number of carbonyl (C=O) groups is 2. The molecule has 0 saturated carbocycles. The molecule has 0 spiro atoms. The van der Waals surface area contributed by atoms with E-state index in [2.05, 4.69) is 5.32 Å². The number of ether oxygens (including phenoxy) is 2. The van der Waals surface area contributed by atoms with Gasteiger partial charge >= 0.3 is 0 Å². The second-order valence-electron chi connectivity index (χ2n) is 6.82. The first-order valence-corrected chi connectivity index (χ1v) is 11.8. The van der Waals surface area contributed by atoms with Crippen molar-refractivity contribution in [2.75, 3.05) is 44.4 Å². The van der Waals surface area contributed by atoms with Crippen molar-refractivity contribution < 1.29 is 27.5 Å². The first-order chi connectivity index (χ1) is 13.9. The van der Waals surface area contributed by atoms with Gasteiger partial charge in [0.05, 0.1) is 12.4 Å². The second-order valence-corrected chi connectivity index (χ2v) is 9.29. The van der Waals surface area contributed by atoms with Gasteiger partial charge in [0.1, 0.15) is 0 Å². The molecule has 2 amide bonds. The molecule has 0 bridgehead atoms. The number of hydrogen-bond acceptors (Lipinski definition) is 6. The molecule has 1 aromatic carbocycles. The first-order valence-electron chi connectivity index (χ1n) is 10.0. The van der Waals surface area contributed by atoms with Crippen molar-refractivity contribution in [1.29, 1.82) is 0 Å². The standard InChI is InChI=1S/C20H30N2O6S/c1-3-27-18-14-16(20(24)21-10-13-29(25,26)4-2)8-9-17(18)28-15-19(23)22-11-6-5-7-12-22/h8-9,14H,3-7,10-13,15H2,1-2H3,(H,21,24). The monoisotopic (exact) mass is 426 g/mol. The zero-order chi connectivity index (χ0) is 21.3. The highest BCUT2D eigenvalue weighted by Crippen LogP contribution is 2.28. The summed E-state index contributed by atoms with van der Waals surface area (Å²) >= 11 is 0. The van der Waals surface area contributed by atoms with Crippen LogP contribution in [-0.2, 0) is 14.6 Å². The minimum atomic E-state index is -3.14. The molecule has 29 heavy (non-hydrogen) atoms. The van der Waals surface area contributed by atoms with Gasteiger partial charge in [-0.05, 0) is 44.4 Å². The summed E-state index contributed by atoms with van der Waals surface area (Å²) in [6.45, 7) is 5.23. The maximum atomic E-state index is 12.3. The number of carbonyl (C=O) groups excluding carboxylic acids is 2. The van der Waals surface area contributed by atoms with Crippen LogP contribution >= 0.6 is 0 Å². The van der Waals surface area contributed by atoms with E-state index < -0.39 is 15.7 Å². The Hall–Kier alpha value is -2.29. The Morgan fingerprint density at radius 2 is 1.79 bits per heavy atom. The number of rotatable bonds is 10. The van der Waals surface area contributed by atoms with Gasteiger partial charge in [0.25, 0.3) is 11.8 Å². The lowest BCUT2D eigenvalue weighted by Gasteiger charge is -2.26. The van der Waals surface area contributed by atoms with Crippen molar-refractivity contribution in [2.45, 2.75) is 33.1 Å². The largest absolute Gasteiger partial charge is 0.490 e. The lowest BCUT2D eigenvalue weighted by molar-refractivity contribution is -0.134. The molecule has 0 atom stereocenters. The SMILES string of the molecule is CCOc1cc(C(=O)NCCS(=O)(=O)CC)ccc1OCC(=O)N1CCCCC1. The van der Waals surface area contributed by atoms with Crippen LogP contribution in [0.15, 0.2) is 18.2 Å². The Kier molecular flexibility index (Phi) is 8.75. The lowest BCUT2D eigenvalue weighted by Crippen LogP contribution is -2.38. The summed E-state index contributed by atoms with van der Waals surface area (Å²) in [5.74, 6) is 0.238. The van der Waals surface area contributed by atoms with E-state index in [4.69, 9.17) is 9.47 Å². The van der Waals surface area contributed by atoms with Crippen LogP contribution in [0.5, 0.6) is 11.5 Å². The van der Waals surface area contributed by atoms with Crippen LogP contribution in [0, 0.1) is 0 Å². The minimum absolute atomic E-state index is 0.0412. The van der Waals surface area contributed by atoms with Crippen LogP contribution in [0.1, 0.15) is 43.5 Å². The van der Waals surface area contributed by atoms with E-state index in [9.17, 15) is 18.0 Å². The van der Waals surface area contributed by atoms with E-state index in [1.54, 1.807) is 24.0 Å². The van der Waals surface area contributed by atoms with E-state index in [0.29, 0.717) is 23.7 Å². The van der Waals surface area contributed by atoms with E-state index in [1.165, 1.54) is 6.07 Å². The van der Waals surface area contributed by atoms with Gasteiger partial charge in [-0.15, -0.1) is 0 Å². The maximum Gasteiger partial charge on any atom is 0.260 e. The summed E-state index contributed by atoms with van der Waals surface area (Å²) < 4.78 is 34.3. The van der Waals surface area contributed by atoms with Gasteiger partial charge in [0.2, 0.25) is 0 Å². The number of benzene rings is 1. The van der Waals surface area contributed by atoms with Crippen molar-refractivity contribution in [3.8, 4) is 11.5 Å². The molecule has 2 rings (SSSR count). The van der Waals surface area contributed by atoms with E-state index >= 15 is 0 Å². The summed E-state index contributed by atoms with van der Waals surface area (Å²) in [6, 6.07) is 4.69. The van der Waals surface area contributed by atoms with Gasteiger partial charge in [0, 0.05) is 31.0 Å². The highest BCUT2D eigenvalue weighted by atomic mass is 32.2. The fourth-order valence-electron chi connectivity index (χ4n) is 2.98. The first kappa shape index (κ1) is 23.0. The van der Waals surface area contributed by atoms with Crippen molar-refractivity contribution in [3.05, 3.63) is 23.8 Å². The molecule has 1 aliphatic heterocycles. The van der Waals surface area contributed by atoms with Crippen LogP contribution in [-0.4, -0.2) is 69.5 Å². The molecular weight excluding hydrogens is 396 g/mol. The summed E-state index contributed by atoms with van der Waals surface area (Å²) in [5, 5.41) is 2.60. The molecule has 1 aliphatic rings. The van der Waals surface area contributed by atoms with E-state index in [0.717, 1.165) is 32.4 Å². The number of nitrogens with one attached hydrogen (secondary N) is 1. The molecule has 9 heteroatoms. The van der Waals surface area contributed by atoms with Crippen LogP contribution in [0.25, 0.3) is 0 Å². The third-order valence-corrected chi connectivity index (χ3v) is 6.41. The molecule has 1 heterocycles. The molecule has 162 valence electrons. The smallest absolute Gasteiger partial charge is 0.260 e. The molecule has 1 fully saturated rings. The van der Waals surface area contributed by atoms with Crippen molar-refractivity contribution in [3.63, 3.8) is 0 Å². The van der Waals surface area contributed by atoms with Gasteiger partial charge < -0.3 is 19.7 Å². The summed E-state index contributed by atoms with van der Waals surface area (Å²) in [7, 11) is -3.14. The fraction of sp³-hybridized carbons (Fsp3) is 0.600. The molecule has 0 aliphatic carbocycles. The number of hydrogen-bond donors (Lipinski definition) is 1. The van der Waals surface area contributed by atoms with Crippen molar-refractivity contribution in [2.24, 2.45) is 0 Å². The van der Waals surface area contributed by atoms with Gasteiger partial charge in [0.15, 0.2) is 27.9 Å². The molecule has 0 radical (unpaired) electrons. The molecule has 0 aromatic heterocycles. The summed E-state index contributed by atoms with van der Waals surface area (Å²) in [4.78, 5) is 26.4. The Balaban J connectivity index is 1.97. The Labute approximate surface area is 172 Å². The molecule has 1 aromatic rings. The normalized spacial score (nSPS) is 14.3. The Morgan fingerprint density at radius 3 is 2.45 bits per heavy atom. The van der Waals surface area contributed by atoms with Crippen LogP contribution < -0.4 is 14.8 Å². The zero-order valence-corrected chi connectivity index (χ0v) is 17.9. The second kappa shape index (κ2) is 11.0. The highest BCUT2D eigenvalue weighted by Gasteiger charge is 2.18. The average molecular weight is 427 g/mol. The predicted octanol–water partition coefficient (Wildman–Crippen LogP) is 1.64. The number of amides is 2. The number of sulfone groups is 1. The van der Waals surface area contributed by atoms with E-state index in [-0.39, 0.29) is 30.6 Å². The molecule has 1 saturated heterocycles. The van der Waals surface area contributed by atoms with Gasteiger partial charge in [-0.25, -0.2) is 8.42 Å². The van der Waals surface area contributed by atoms with Crippen LogP contribution in [0.3, 0.4) is 0 Å². The predicted molar refractivity (Wildman–Crippen MR) is 110 cm³/mol. The Bertz CT molecular complexity index is 803. The number of likely N-dealkylation sites (tertiary alicyclic amines) is 1. The quantitative estimate of drug-likeness (QED) is 0.610. The van der Waals surface area contributed by atoms with Gasteiger partial charge in [-0.1, -0.05) is 6.92 Å². The fourth-order valence-corrected chi connectivity index (χ4v) is 3.68. The lowest BCUT2D eigenvalue weighted by atomic mass is 10.1. The summed E-state index contributed by atoms with van der Waals surface area (Å²) in [6.07, 6.45) is 3.17. The Morgan fingerprint density at radius 1 is 1.07 bits per heavy atom. The highest BCUT2D eigenvalue weighted by molar-refractivity contribution is 7.91. The van der Waals surface area contributed by atoms with Crippen molar-refractivity contribution in [1.82, 2.24) is 10.2 Å². The van der Waals surface area contributed by atoms with E-state index in [1.807, 2.05) is 6.92 Å². The molecule has 1 N–H and O–H groups in total. The molecule has 0 unspecified atom stereocenters. The minimum Gasteiger partial charge on any atom is -0.490 e. The van der Waals surface area contributed by atoms with Crippen LogP contribution in [0.4, 0.5) is 0 Å². The third kappa shape index (κ3) is 7.23. The van der Waals surface area contributed by atoms with Gasteiger partial charge in [-0.3, -0.25) is 9.59 Å². The van der Waals surface area contributed by atoms with Gasteiger partial charge in [-0.2, -0.15) is 0 Å². The number of piperidine rings is 1. The van der Waals surface area contributed by atoms with Crippen molar-refractivity contribution >= 4 is 21.7 Å². The summed E-state index contributed by atoms with van der Waals surface area (Å²) in [5.41, 5.74) is 0.331. The van der Waals surface area contributed by atoms with Crippen LogP contribution in [0.2, 0.25) is 0 Å². The average Bonchev–Trinajstić information content (AvgIpc) is 2.73. The maximum absolute atomic E-state index is 12.3. The molecular formula is C20H30N2O6S. The number of nitrogens with zero attached hydrogens (tertiary/aromatic N) is 1.